The number of carbonyl (C=O) groups excluding carboxylic acids is 2. The van der Waals surface area contributed by atoms with Gasteiger partial charge in [0, 0.05) is 32.1 Å². The van der Waals surface area contributed by atoms with Crippen molar-refractivity contribution in [1.29, 1.82) is 0 Å². The summed E-state index contributed by atoms with van der Waals surface area (Å²) in [5.74, 6) is -0.0143. The maximum absolute atomic E-state index is 13.7. The van der Waals surface area contributed by atoms with Crippen molar-refractivity contribution >= 4 is 12.0 Å². The monoisotopic (exact) mass is 539 g/mol. The van der Waals surface area contributed by atoms with Crippen LogP contribution in [0.1, 0.15) is 63.6 Å². The fourth-order valence-corrected chi connectivity index (χ4v) is 6.69. The van der Waals surface area contributed by atoms with Gasteiger partial charge in [0.15, 0.2) is 0 Å². The second-order valence-electron chi connectivity index (χ2n) is 12.1. The van der Waals surface area contributed by atoms with Gasteiger partial charge in [0.2, 0.25) is 5.91 Å². The van der Waals surface area contributed by atoms with E-state index in [-0.39, 0.29) is 18.0 Å². The van der Waals surface area contributed by atoms with Crippen molar-refractivity contribution < 1.29 is 14.3 Å². The summed E-state index contributed by atoms with van der Waals surface area (Å²) in [7, 11) is 0. The largest absolute Gasteiger partial charge is 0.444 e. The molecule has 3 aromatic carbocycles. The molecule has 0 aliphatic carbocycles. The Kier molecular flexibility index (Phi) is 7.74. The number of nitrogens with zero attached hydrogens (tertiary/aromatic N) is 2. The Bertz CT molecular complexity index is 1210. The summed E-state index contributed by atoms with van der Waals surface area (Å²) >= 11 is 0. The maximum atomic E-state index is 13.7. The van der Waals surface area contributed by atoms with Crippen molar-refractivity contribution in [3.8, 4) is 0 Å². The molecule has 2 bridgehead atoms. The lowest BCUT2D eigenvalue weighted by Crippen LogP contribution is -2.70. The summed E-state index contributed by atoms with van der Waals surface area (Å²) in [6.07, 6.45) is 1.75. The van der Waals surface area contributed by atoms with E-state index in [2.05, 4.69) is 101 Å². The number of hydrogen-bond acceptors (Lipinski definition) is 4. The predicted octanol–water partition coefficient (Wildman–Crippen LogP) is 5.96. The molecule has 6 heteroatoms. The third-order valence-electron chi connectivity index (χ3n) is 8.31. The second-order valence-corrected chi connectivity index (χ2v) is 12.1. The van der Waals surface area contributed by atoms with Crippen LogP contribution in [0.2, 0.25) is 0 Å². The Labute approximate surface area is 238 Å². The van der Waals surface area contributed by atoms with E-state index in [1.54, 1.807) is 0 Å². The zero-order valence-electron chi connectivity index (χ0n) is 24.1. The van der Waals surface area contributed by atoms with Gasteiger partial charge in [0.05, 0.1) is 11.1 Å². The zero-order chi connectivity index (χ0) is 28.4. The molecule has 3 aromatic rings. The lowest BCUT2D eigenvalue weighted by molar-refractivity contribution is -0.122. The minimum Gasteiger partial charge on any atom is -0.444 e. The third kappa shape index (κ3) is 5.13. The van der Waals surface area contributed by atoms with Crippen molar-refractivity contribution in [3.05, 3.63) is 108 Å². The molecule has 0 radical (unpaired) electrons. The fourth-order valence-electron chi connectivity index (χ4n) is 6.69. The minimum atomic E-state index is -0.608. The van der Waals surface area contributed by atoms with Gasteiger partial charge in [-0.15, -0.1) is 0 Å². The number of nitrogens with one attached hydrogen (secondary N) is 1. The van der Waals surface area contributed by atoms with Crippen LogP contribution in [0, 0.1) is 0 Å². The summed E-state index contributed by atoms with van der Waals surface area (Å²) in [5.41, 5.74) is 1.72. The Morgan fingerprint density at radius 1 is 0.875 bits per heavy atom. The van der Waals surface area contributed by atoms with Crippen molar-refractivity contribution in [3.63, 3.8) is 0 Å². The molecule has 6 nitrogen and oxygen atoms in total. The molecule has 1 N–H and O–H groups in total. The smallest absolute Gasteiger partial charge is 0.411 e. The van der Waals surface area contributed by atoms with Gasteiger partial charge >= 0.3 is 6.09 Å². The van der Waals surface area contributed by atoms with Gasteiger partial charge < -0.3 is 10.1 Å². The first-order chi connectivity index (χ1) is 19.2. The van der Waals surface area contributed by atoms with E-state index in [0.29, 0.717) is 26.1 Å². The van der Waals surface area contributed by atoms with Crippen LogP contribution in [0.15, 0.2) is 91.0 Å². The molecule has 2 saturated heterocycles. The number of ether oxygens (including phenoxy) is 1. The normalized spacial score (nSPS) is 21.2. The number of amides is 2. The summed E-state index contributed by atoms with van der Waals surface area (Å²) in [4.78, 5) is 30.7. The summed E-state index contributed by atoms with van der Waals surface area (Å²) in [6, 6.07) is 31.9. The molecule has 5 rings (SSSR count). The molecule has 40 heavy (non-hydrogen) atoms. The molecule has 2 heterocycles. The average molecular weight is 540 g/mol. The summed E-state index contributed by atoms with van der Waals surface area (Å²) < 4.78 is 5.95. The van der Waals surface area contributed by atoms with Crippen LogP contribution in [0.25, 0.3) is 0 Å². The highest BCUT2D eigenvalue weighted by molar-refractivity contribution is 5.76. The zero-order valence-corrected chi connectivity index (χ0v) is 24.1. The van der Waals surface area contributed by atoms with Gasteiger partial charge in [-0.1, -0.05) is 97.9 Å². The first-order valence-electron chi connectivity index (χ1n) is 14.4. The van der Waals surface area contributed by atoms with Crippen LogP contribution in [-0.2, 0) is 15.1 Å². The number of piperazine rings is 1. The lowest BCUT2D eigenvalue weighted by atomic mass is 9.74. The molecular formula is C34H41N3O3. The number of hydrogen-bond donors (Lipinski definition) is 1. The molecule has 2 atom stereocenters. The third-order valence-corrected chi connectivity index (χ3v) is 8.31. The highest BCUT2D eigenvalue weighted by Gasteiger charge is 2.58. The van der Waals surface area contributed by atoms with Crippen LogP contribution in [0.4, 0.5) is 4.79 Å². The molecule has 0 saturated carbocycles. The molecule has 210 valence electrons. The first-order valence-corrected chi connectivity index (χ1v) is 14.4. The molecule has 0 spiro atoms. The highest BCUT2D eigenvalue weighted by atomic mass is 16.6. The lowest BCUT2D eigenvalue weighted by Gasteiger charge is -2.55. The molecule has 2 aliphatic rings. The van der Waals surface area contributed by atoms with Crippen molar-refractivity contribution in [2.24, 2.45) is 0 Å². The van der Waals surface area contributed by atoms with Crippen LogP contribution in [-0.4, -0.2) is 58.6 Å². The molecular weight excluding hydrogens is 498 g/mol. The summed E-state index contributed by atoms with van der Waals surface area (Å²) in [5, 5.41) is 3.14. The maximum Gasteiger partial charge on any atom is 0.411 e. The van der Waals surface area contributed by atoms with E-state index < -0.39 is 16.7 Å². The number of likely N-dealkylation sites (tertiary alicyclic amines) is 1. The SMILES string of the molecule is CCC(=O)NCC12CCC(CN(C(c3ccccc3)(c3ccccc3)c3ccccc3)C1)N2C(=O)OC(C)(C)C. The molecule has 2 aliphatic heterocycles. The molecule has 2 fully saturated rings. The average Bonchev–Trinajstić information content (AvgIpc) is 3.20. The minimum absolute atomic E-state index is 0.0143. The highest BCUT2D eigenvalue weighted by Crippen LogP contribution is 2.49. The van der Waals surface area contributed by atoms with Gasteiger partial charge in [-0.25, -0.2) is 4.79 Å². The van der Waals surface area contributed by atoms with Crippen molar-refractivity contribution in [2.45, 2.75) is 69.7 Å². The van der Waals surface area contributed by atoms with E-state index in [1.165, 1.54) is 16.7 Å². The van der Waals surface area contributed by atoms with E-state index in [4.69, 9.17) is 4.74 Å². The van der Waals surface area contributed by atoms with Crippen LogP contribution in [0.3, 0.4) is 0 Å². The first kappa shape index (κ1) is 27.9. The number of carbonyl (C=O) groups is 2. The van der Waals surface area contributed by atoms with E-state index >= 15 is 0 Å². The molecule has 0 aromatic heterocycles. The van der Waals surface area contributed by atoms with Crippen molar-refractivity contribution in [2.75, 3.05) is 19.6 Å². The van der Waals surface area contributed by atoms with Crippen LogP contribution < -0.4 is 5.32 Å². The van der Waals surface area contributed by atoms with Gasteiger partial charge in [-0.3, -0.25) is 14.6 Å². The Morgan fingerprint density at radius 2 is 1.38 bits per heavy atom. The standard InChI is InChI=1S/C34H41N3O3/c1-5-30(38)35-24-33-22-21-29(37(33)31(39)40-32(2,3)4)23-36(25-33)34(26-15-9-6-10-16-26,27-17-11-7-12-18-27)28-19-13-8-14-20-28/h6-20,29H,5,21-25H2,1-4H3,(H,35,38). The molecule has 2 amide bonds. The predicted molar refractivity (Wildman–Crippen MR) is 158 cm³/mol. The van der Waals surface area contributed by atoms with Crippen LogP contribution >= 0.6 is 0 Å². The Balaban J connectivity index is 1.67. The Hall–Kier alpha value is -3.64. The van der Waals surface area contributed by atoms with Gasteiger partial charge in [-0.05, 0) is 50.3 Å². The van der Waals surface area contributed by atoms with Gasteiger partial charge in [0.25, 0.3) is 0 Å². The number of rotatable bonds is 7. The second kappa shape index (κ2) is 11.1. The number of benzene rings is 3. The van der Waals surface area contributed by atoms with E-state index in [0.717, 1.165) is 12.8 Å². The topological polar surface area (TPSA) is 61.9 Å². The van der Waals surface area contributed by atoms with Crippen molar-refractivity contribution in [1.82, 2.24) is 15.1 Å². The van der Waals surface area contributed by atoms with E-state index in [1.807, 2.05) is 32.6 Å². The van der Waals surface area contributed by atoms with E-state index in [9.17, 15) is 9.59 Å². The number of fused-ring (bicyclic) bond motifs is 2. The Morgan fingerprint density at radius 3 is 1.82 bits per heavy atom. The van der Waals surface area contributed by atoms with Gasteiger partial charge in [0.1, 0.15) is 5.60 Å². The fraction of sp³-hybridized carbons (Fsp3) is 0.412. The summed E-state index contributed by atoms with van der Waals surface area (Å²) in [6.45, 7) is 9.22. The quantitative estimate of drug-likeness (QED) is 0.377. The van der Waals surface area contributed by atoms with Gasteiger partial charge in [-0.2, -0.15) is 0 Å². The van der Waals surface area contributed by atoms with Crippen LogP contribution in [0.5, 0.6) is 0 Å². The molecule has 2 unspecified atom stereocenters.